The molecule has 0 aliphatic carbocycles. The maximum absolute atomic E-state index is 7.24. The molecule has 73 heavy (non-hydrogen) atoms. The highest BCUT2D eigenvalue weighted by atomic mass is 16.5. The summed E-state index contributed by atoms with van der Waals surface area (Å²) in [6.45, 7) is 13.1. The standard InChI is InChI=1S/C65H54B2N4O2/c1-7-9-11-41-17-21-55-47(29-41)45-25-37(3)13-19-53(45)69(55)43-31-57-63-61(33-43)72-59-23-15-39(5)27-49(59)66(63)51-35-68-36-52-65(51)71(57)58-32-44(34-62-64(58)67(52)50-28-40(6)16-24-60(50)73-62)70-54-20-14-38(4)26-46(54)48-30-42(12-10-8-2)18-22-56(48)70/h13-36H,7-12H2,1-6H3. The molecule has 0 spiro atoms. The molecule has 0 saturated carbocycles. The molecule has 0 saturated heterocycles. The van der Waals surface area contributed by atoms with Gasteiger partial charge in [0.05, 0.1) is 33.4 Å². The average molecular weight is 945 g/mol. The molecule has 11 aromatic rings. The normalized spacial score (nSPS) is 13.5. The van der Waals surface area contributed by atoms with Crippen molar-refractivity contribution in [1.29, 1.82) is 0 Å². The van der Waals surface area contributed by atoms with E-state index in [2.05, 4.69) is 201 Å². The summed E-state index contributed by atoms with van der Waals surface area (Å²) < 4.78 is 19.4. The average Bonchev–Trinajstić information content (AvgIpc) is 3.90. The summed E-state index contributed by atoms with van der Waals surface area (Å²) in [5.41, 5.74) is 25.0. The Morgan fingerprint density at radius 1 is 0.425 bits per heavy atom. The van der Waals surface area contributed by atoms with Crippen LogP contribution in [0.1, 0.15) is 72.9 Å². The first-order valence-electron chi connectivity index (χ1n) is 26.5. The van der Waals surface area contributed by atoms with Gasteiger partial charge in [-0.25, -0.2) is 0 Å². The van der Waals surface area contributed by atoms with Crippen LogP contribution < -0.4 is 47.2 Å². The summed E-state index contributed by atoms with van der Waals surface area (Å²) in [6.07, 6.45) is 11.1. The fourth-order valence-electron chi connectivity index (χ4n) is 13.3. The monoisotopic (exact) mass is 944 g/mol. The summed E-state index contributed by atoms with van der Waals surface area (Å²) in [5, 5.41) is 5.10. The third kappa shape index (κ3) is 6.16. The molecule has 0 N–H and O–H groups in total. The number of rotatable bonds is 8. The van der Waals surface area contributed by atoms with E-state index in [-0.39, 0.29) is 13.4 Å². The Balaban J connectivity index is 1.05. The van der Waals surface area contributed by atoms with E-state index in [9.17, 15) is 0 Å². The zero-order valence-corrected chi connectivity index (χ0v) is 42.4. The van der Waals surface area contributed by atoms with Crippen molar-refractivity contribution in [3.05, 3.63) is 179 Å². The van der Waals surface area contributed by atoms with Gasteiger partial charge in [0.2, 0.25) is 0 Å². The molecule has 0 unspecified atom stereocenters. The number of pyridine rings is 1. The highest BCUT2D eigenvalue weighted by molar-refractivity contribution is 7.03. The highest BCUT2D eigenvalue weighted by Gasteiger charge is 2.50. The van der Waals surface area contributed by atoms with Gasteiger partial charge in [-0.15, -0.1) is 0 Å². The molecule has 6 nitrogen and oxygen atoms in total. The quantitative estimate of drug-likeness (QED) is 0.142. The zero-order chi connectivity index (χ0) is 49.0. The first kappa shape index (κ1) is 42.7. The van der Waals surface area contributed by atoms with Crippen molar-refractivity contribution in [1.82, 2.24) is 14.1 Å². The fourth-order valence-corrected chi connectivity index (χ4v) is 13.3. The van der Waals surface area contributed by atoms with Gasteiger partial charge < -0.3 is 23.5 Å². The molecule has 8 heteroatoms. The Hall–Kier alpha value is -7.96. The summed E-state index contributed by atoms with van der Waals surface area (Å²) >= 11 is 0. The van der Waals surface area contributed by atoms with Crippen LogP contribution in [0.2, 0.25) is 0 Å². The van der Waals surface area contributed by atoms with Crippen LogP contribution in [0.4, 0.5) is 17.1 Å². The Labute approximate surface area is 427 Å². The first-order chi connectivity index (χ1) is 35.7. The molecule has 8 aromatic carbocycles. The number of fused-ring (bicyclic) bond motifs is 14. The van der Waals surface area contributed by atoms with Gasteiger partial charge in [0.15, 0.2) is 0 Å². The lowest BCUT2D eigenvalue weighted by molar-refractivity contribution is 0.487. The topological polar surface area (TPSA) is 44.5 Å². The van der Waals surface area contributed by atoms with Crippen LogP contribution in [0, 0.1) is 27.7 Å². The maximum Gasteiger partial charge on any atom is 0.258 e. The summed E-state index contributed by atoms with van der Waals surface area (Å²) in [4.78, 5) is 7.75. The van der Waals surface area contributed by atoms with Gasteiger partial charge >= 0.3 is 0 Å². The van der Waals surface area contributed by atoms with E-state index in [1.807, 2.05) is 0 Å². The van der Waals surface area contributed by atoms with Gasteiger partial charge in [0.25, 0.3) is 13.4 Å². The smallest absolute Gasteiger partial charge is 0.258 e. The van der Waals surface area contributed by atoms with Crippen molar-refractivity contribution in [3.63, 3.8) is 0 Å². The van der Waals surface area contributed by atoms with E-state index in [1.54, 1.807) is 0 Å². The molecular weight excluding hydrogens is 890 g/mol. The van der Waals surface area contributed by atoms with E-state index in [0.29, 0.717) is 0 Å². The molecule has 0 amide bonds. The van der Waals surface area contributed by atoms with Crippen LogP contribution in [-0.4, -0.2) is 27.5 Å². The number of nitrogens with zero attached hydrogens (tertiary/aromatic N) is 4. The minimum Gasteiger partial charge on any atom is -0.458 e. The number of anilines is 3. The third-order valence-corrected chi connectivity index (χ3v) is 16.6. The SMILES string of the molecule is CCCCc1ccc2c(c1)c1cc(C)ccc1n2-c1cc2c3c(c1)N1c4cc(-n5c6ccc(C)cc6c6cc(CCCC)ccc65)cc5c4B(c4cc(C)ccc4O5)c4cncc(c41)B3c1cc(C)ccc1O2. The molecule has 3 aromatic heterocycles. The second kappa shape index (κ2) is 15.8. The lowest BCUT2D eigenvalue weighted by Gasteiger charge is -2.46. The number of aryl methyl sites for hydroxylation is 6. The van der Waals surface area contributed by atoms with Crippen molar-refractivity contribution in [2.45, 2.75) is 80.1 Å². The molecule has 352 valence electrons. The number of hydrogen-bond donors (Lipinski definition) is 0. The van der Waals surface area contributed by atoms with Gasteiger partial charge in [-0.3, -0.25) is 4.98 Å². The van der Waals surface area contributed by atoms with Crippen molar-refractivity contribution in [2.75, 3.05) is 4.90 Å². The maximum atomic E-state index is 7.24. The number of ether oxygens (including phenoxy) is 2. The summed E-state index contributed by atoms with van der Waals surface area (Å²) in [6, 6.07) is 51.0. The second-order valence-corrected chi connectivity index (χ2v) is 21.5. The molecule has 0 bridgehead atoms. The fraction of sp³-hybridized carbons (Fsp3) is 0.185. The van der Waals surface area contributed by atoms with Crippen LogP contribution in [0.25, 0.3) is 55.0 Å². The lowest BCUT2D eigenvalue weighted by atomic mass is 9.30. The van der Waals surface area contributed by atoms with Crippen molar-refractivity contribution < 1.29 is 9.47 Å². The lowest BCUT2D eigenvalue weighted by Crippen LogP contribution is -2.67. The molecule has 4 aliphatic heterocycles. The number of benzene rings is 8. The molecule has 15 rings (SSSR count). The van der Waals surface area contributed by atoms with Crippen LogP contribution in [0.3, 0.4) is 0 Å². The minimum absolute atomic E-state index is 0.105. The van der Waals surface area contributed by atoms with Gasteiger partial charge in [-0.05, 0) is 170 Å². The van der Waals surface area contributed by atoms with Crippen LogP contribution in [0.5, 0.6) is 23.0 Å². The predicted molar refractivity (Wildman–Crippen MR) is 306 cm³/mol. The minimum atomic E-state index is -0.105. The van der Waals surface area contributed by atoms with E-state index >= 15 is 0 Å². The third-order valence-electron chi connectivity index (χ3n) is 16.6. The zero-order valence-electron chi connectivity index (χ0n) is 42.4. The number of aromatic nitrogens is 3. The molecule has 0 radical (unpaired) electrons. The summed E-state index contributed by atoms with van der Waals surface area (Å²) in [5.74, 6) is 3.52. The van der Waals surface area contributed by atoms with E-state index in [0.717, 1.165) is 69.5 Å². The first-order valence-corrected chi connectivity index (χ1v) is 26.5. The molecule has 7 heterocycles. The van der Waals surface area contributed by atoms with Gasteiger partial charge in [-0.1, -0.05) is 97.5 Å². The Morgan fingerprint density at radius 2 is 0.836 bits per heavy atom. The molecule has 0 fully saturated rings. The largest absolute Gasteiger partial charge is 0.458 e. The molecule has 4 aliphatic rings. The van der Waals surface area contributed by atoms with Crippen LogP contribution in [-0.2, 0) is 12.8 Å². The van der Waals surface area contributed by atoms with Crippen LogP contribution >= 0.6 is 0 Å². The number of hydrogen-bond acceptors (Lipinski definition) is 4. The summed E-state index contributed by atoms with van der Waals surface area (Å²) in [7, 11) is 0. The van der Waals surface area contributed by atoms with Gasteiger partial charge in [-0.2, -0.15) is 0 Å². The van der Waals surface area contributed by atoms with Gasteiger partial charge in [0, 0.05) is 63.1 Å². The Kier molecular flexibility index (Phi) is 9.22. The second-order valence-electron chi connectivity index (χ2n) is 21.5. The van der Waals surface area contributed by atoms with E-state index in [4.69, 9.17) is 14.5 Å². The van der Waals surface area contributed by atoms with Crippen molar-refractivity contribution in [2.24, 2.45) is 0 Å². The Bertz CT molecular complexity index is 3960. The molecular formula is C65H54B2N4O2. The number of unbranched alkanes of at least 4 members (excludes halogenated alkanes) is 2. The highest BCUT2D eigenvalue weighted by Crippen LogP contribution is 2.48. The Morgan fingerprint density at radius 3 is 1.29 bits per heavy atom. The van der Waals surface area contributed by atoms with Crippen LogP contribution in [0.15, 0.2) is 146 Å². The van der Waals surface area contributed by atoms with Crippen molar-refractivity contribution in [3.8, 4) is 34.4 Å². The predicted octanol–water partition coefficient (Wildman–Crippen LogP) is 12.5. The van der Waals surface area contributed by atoms with E-state index < -0.39 is 0 Å². The molecule has 0 atom stereocenters. The van der Waals surface area contributed by atoms with Gasteiger partial charge in [0.1, 0.15) is 23.0 Å². The van der Waals surface area contributed by atoms with Crippen molar-refractivity contribution >= 4 is 107 Å². The van der Waals surface area contributed by atoms with E-state index in [1.165, 1.54) is 130 Å².